The topological polar surface area (TPSA) is 78.4 Å². The number of aliphatic carboxylic acids is 1. The molecule has 5 heteroatoms. The Labute approximate surface area is 87.9 Å². The number of allylic oxidation sites excluding steroid dienone is 2. The third-order valence-electron chi connectivity index (χ3n) is 2.02. The maximum atomic E-state index is 11.3. The molecule has 1 unspecified atom stereocenters. The molecule has 0 spiro atoms. The summed E-state index contributed by atoms with van der Waals surface area (Å²) in [5.41, 5.74) is 0. The van der Waals surface area contributed by atoms with E-state index in [2.05, 4.69) is 10.6 Å². The highest BCUT2D eigenvalue weighted by Gasteiger charge is 2.15. The lowest BCUT2D eigenvalue weighted by molar-refractivity contribution is -0.138. The monoisotopic (exact) mass is 210 g/mol. The van der Waals surface area contributed by atoms with Gasteiger partial charge in [-0.25, -0.2) is 4.79 Å². The molecule has 0 saturated carbocycles. The fourth-order valence-corrected chi connectivity index (χ4v) is 1.16. The highest BCUT2D eigenvalue weighted by Crippen LogP contribution is 2.02. The zero-order valence-corrected chi connectivity index (χ0v) is 8.43. The van der Waals surface area contributed by atoms with Gasteiger partial charge in [-0.3, -0.25) is 4.79 Å². The average Bonchev–Trinajstić information content (AvgIpc) is 2.18. The van der Waals surface area contributed by atoms with Crippen molar-refractivity contribution < 1.29 is 14.7 Å². The smallest absolute Gasteiger partial charge is 0.325 e. The molecule has 3 N–H and O–H groups in total. The van der Waals surface area contributed by atoms with E-state index in [0.717, 1.165) is 6.42 Å². The number of nitrogens with one attached hydrogen (secondary N) is 2. The van der Waals surface area contributed by atoms with Crippen LogP contribution in [0.5, 0.6) is 0 Å². The molecule has 2 amide bonds. The summed E-state index contributed by atoms with van der Waals surface area (Å²) in [6.45, 7) is 1.42. The third kappa shape index (κ3) is 3.84. The van der Waals surface area contributed by atoms with Crippen LogP contribution in [-0.2, 0) is 4.79 Å². The van der Waals surface area contributed by atoms with Crippen LogP contribution < -0.4 is 10.6 Å². The number of urea groups is 1. The summed E-state index contributed by atoms with van der Waals surface area (Å²) in [7, 11) is 0. The summed E-state index contributed by atoms with van der Waals surface area (Å²) in [4.78, 5) is 21.7. The van der Waals surface area contributed by atoms with E-state index in [1.165, 1.54) is 6.92 Å². The minimum absolute atomic E-state index is 0.0593. The van der Waals surface area contributed by atoms with Crippen LogP contribution in [0.2, 0.25) is 0 Å². The van der Waals surface area contributed by atoms with Crippen LogP contribution in [0, 0.1) is 0 Å². The Hall–Kier alpha value is -1.78. The van der Waals surface area contributed by atoms with Crippen molar-refractivity contribution in [2.24, 2.45) is 0 Å². The van der Waals surface area contributed by atoms with E-state index in [1.807, 2.05) is 24.3 Å². The van der Waals surface area contributed by atoms with Gasteiger partial charge in [-0.1, -0.05) is 24.3 Å². The van der Waals surface area contributed by atoms with Crippen molar-refractivity contribution in [2.75, 3.05) is 0 Å². The highest BCUT2D eigenvalue weighted by atomic mass is 16.4. The fourth-order valence-electron chi connectivity index (χ4n) is 1.16. The molecule has 1 rings (SSSR count). The van der Waals surface area contributed by atoms with Gasteiger partial charge in [-0.05, 0) is 13.3 Å². The zero-order chi connectivity index (χ0) is 11.3. The molecule has 0 heterocycles. The van der Waals surface area contributed by atoms with Crippen LogP contribution >= 0.6 is 0 Å². The molecule has 0 saturated heterocycles. The largest absolute Gasteiger partial charge is 0.480 e. The van der Waals surface area contributed by atoms with E-state index in [1.54, 1.807) is 0 Å². The summed E-state index contributed by atoms with van der Waals surface area (Å²) in [6, 6.07) is -1.40. The number of rotatable bonds is 3. The summed E-state index contributed by atoms with van der Waals surface area (Å²) in [6.07, 6.45) is 8.26. The van der Waals surface area contributed by atoms with E-state index < -0.39 is 18.0 Å². The minimum Gasteiger partial charge on any atom is -0.480 e. The number of amides is 2. The van der Waals surface area contributed by atoms with Crippen LogP contribution in [0.25, 0.3) is 0 Å². The van der Waals surface area contributed by atoms with E-state index in [9.17, 15) is 9.59 Å². The molecule has 1 aliphatic rings. The van der Waals surface area contributed by atoms with Gasteiger partial charge in [0.05, 0.1) is 6.04 Å². The van der Waals surface area contributed by atoms with Gasteiger partial charge in [-0.15, -0.1) is 0 Å². The Bertz CT molecular complexity index is 310. The number of carbonyl (C=O) groups is 2. The first kappa shape index (κ1) is 11.3. The van der Waals surface area contributed by atoms with Gasteiger partial charge in [0.15, 0.2) is 0 Å². The molecule has 0 aromatic heterocycles. The first-order valence-electron chi connectivity index (χ1n) is 4.73. The standard InChI is InChI=1S/C10H14N2O3/c1-7(9(13)14)11-10(15)12-8-5-3-2-4-6-8/h2-5,7-8H,6H2,1H3,(H,13,14)(H2,11,12,15)/t7-,8?/m0/s1. The predicted molar refractivity (Wildman–Crippen MR) is 55.5 cm³/mol. The maximum absolute atomic E-state index is 11.3. The molecule has 0 bridgehead atoms. The summed E-state index contributed by atoms with van der Waals surface area (Å²) >= 11 is 0. The Morgan fingerprint density at radius 1 is 1.47 bits per heavy atom. The van der Waals surface area contributed by atoms with E-state index in [4.69, 9.17) is 5.11 Å². The normalized spacial score (nSPS) is 20.7. The molecule has 0 radical (unpaired) electrons. The second-order valence-electron chi connectivity index (χ2n) is 3.33. The van der Waals surface area contributed by atoms with Gasteiger partial charge >= 0.3 is 12.0 Å². The van der Waals surface area contributed by atoms with Gasteiger partial charge in [0.1, 0.15) is 6.04 Å². The second-order valence-corrected chi connectivity index (χ2v) is 3.33. The quantitative estimate of drug-likeness (QED) is 0.639. The van der Waals surface area contributed by atoms with Crippen molar-refractivity contribution in [1.29, 1.82) is 0 Å². The van der Waals surface area contributed by atoms with Crippen molar-refractivity contribution in [3.63, 3.8) is 0 Å². The number of hydrogen-bond acceptors (Lipinski definition) is 2. The van der Waals surface area contributed by atoms with Crippen LogP contribution in [0.1, 0.15) is 13.3 Å². The molecule has 0 aromatic carbocycles. The number of hydrogen-bond donors (Lipinski definition) is 3. The molecular formula is C10H14N2O3. The van der Waals surface area contributed by atoms with Gasteiger partial charge in [-0.2, -0.15) is 0 Å². The number of carboxylic acids is 1. The molecule has 0 aromatic rings. The van der Waals surface area contributed by atoms with Gasteiger partial charge < -0.3 is 15.7 Å². The van der Waals surface area contributed by atoms with Gasteiger partial charge in [0.2, 0.25) is 0 Å². The van der Waals surface area contributed by atoms with Crippen molar-refractivity contribution in [3.8, 4) is 0 Å². The lowest BCUT2D eigenvalue weighted by atomic mass is 10.1. The fraction of sp³-hybridized carbons (Fsp3) is 0.400. The SMILES string of the molecule is C[C@H](NC(=O)NC1C=CC=CC1)C(=O)O. The van der Waals surface area contributed by atoms with Crippen LogP contribution in [0.4, 0.5) is 4.79 Å². The van der Waals surface area contributed by atoms with Crippen molar-refractivity contribution >= 4 is 12.0 Å². The van der Waals surface area contributed by atoms with Crippen molar-refractivity contribution in [1.82, 2.24) is 10.6 Å². The predicted octanol–water partition coefficient (Wildman–Crippen LogP) is 0.643. The number of carbonyl (C=O) groups excluding carboxylic acids is 1. The Kier molecular flexibility index (Phi) is 3.91. The molecule has 82 valence electrons. The average molecular weight is 210 g/mol. The molecule has 15 heavy (non-hydrogen) atoms. The molecule has 0 aliphatic heterocycles. The van der Waals surface area contributed by atoms with E-state index in [-0.39, 0.29) is 6.04 Å². The lowest BCUT2D eigenvalue weighted by Crippen LogP contribution is -2.47. The Morgan fingerprint density at radius 3 is 2.73 bits per heavy atom. The van der Waals surface area contributed by atoms with Crippen LogP contribution in [-0.4, -0.2) is 29.2 Å². The first-order chi connectivity index (χ1) is 7.09. The van der Waals surface area contributed by atoms with Crippen molar-refractivity contribution in [3.05, 3.63) is 24.3 Å². The maximum Gasteiger partial charge on any atom is 0.325 e. The van der Waals surface area contributed by atoms with Crippen molar-refractivity contribution in [2.45, 2.75) is 25.4 Å². The van der Waals surface area contributed by atoms with E-state index in [0.29, 0.717) is 0 Å². The van der Waals surface area contributed by atoms with Crippen LogP contribution in [0.3, 0.4) is 0 Å². The summed E-state index contributed by atoms with van der Waals surface area (Å²) < 4.78 is 0. The molecule has 5 nitrogen and oxygen atoms in total. The number of carboxylic acid groups (broad SMARTS) is 1. The molecule has 0 fully saturated rings. The Balaban J connectivity index is 2.33. The Morgan fingerprint density at radius 2 is 2.20 bits per heavy atom. The highest BCUT2D eigenvalue weighted by molar-refractivity contribution is 5.82. The summed E-state index contributed by atoms with van der Waals surface area (Å²) in [5.74, 6) is -1.05. The molecular weight excluding hydrogens is 196 g/mol. The minimum atomic E-state index is -1.05. The second kappa shape index (κ2) is 5.19. The third-order valence-corrected chi connectivity index (χ3v) is 2.02. The molecule has 2 atom stereocenters. The molecule has 1 aliphatic carbocycles. The van der Waals surface area contributed by atoms with E-state index >= 15 is 0 Å². The first-order valence-corrected chi connectivity index (χ1v) is 4.73. The summed E-state index contributed by atoms with van der Waals surface area (Å²) in [5, 5.41) is 13.5. The van der Waals surface area contributed by atoms with Crippen LogP contribution in [0.15, 0.2) is 24.3 Å². The zero-order valence-electron chi connectivity index (χ0n) is 8.43. The lowest BCUT2D eigenvalue weighted by Gasteiger charge is -2.17. The van der Waals surface area contributed by atoms with Gasteiger partial charge in [0.25, 0.3) is 0 Å². The van der Waals surface area contributed by atoms with Gasteiger partial charge in [0, 0.05) is 0 Å².